The maximum absolute atomic E-state index is 12.4. The Balaban J connectivity index is 1.42. The summed E-state index contributed by atoms with van der Waals surface area (Å²) in [6.45, 7) is 2.14. The molecule has 5 rings (SSSR count). The van der Waals surface area contributed by atoms with Crippen molar-refractivity contribution in [1.82, 2.24) is 19.8 Å². The second-order valence-electron chi connectivity index (χ2n) is 10.0. The van der Waals surface area contributed by atoms with Crippen molar-refractivity contribution in [2.75, 3.05) is 26.7 Å². The first-order chi connectivity index (χ1) is 18.2. The predicted molar refractivity (Wildman–Crippen MR) is 141 cm³/mol. The van der Waals surface area contributed by atoms with Crippen molar-refractivity contribution in [1.29, 1.82) is 5.26 Å². The average molecular weight is 496 g/mol. The third kappa shape index (κ3) is 5.04. The van der Waals surface area contributed by atoms with Crippen LogP contribution in [0.25, 0.3) is 0 Å². The van der Waals surface area contributed by atoms with Crippen LogP contribution in [0, 0.1) is 11.3 Å². The number of rotatable bonds is 7. The third-order valence-electron chi connectivity index (χ3n) is 8.10. The monoisotopic (exact) mass is 495 g/mol. The van der Waals surface area contributed by atoms with Gasteiger partial charge in [-0.2, -0.15) is 5.26 Å². The summed E-state index contributed by atoms with van der Waals surface area (Å²) in [6, 6.07) is 18.3. The molecular weight excluding hydrogens is 462 g/mol. The molecule has 1 N–H and O–H groups in total. The normalized spacial score (nSPS) is 18.6. The van der Waals surface area contributed by atoms with Gasteiger partial charge >= 0.3 is 0 Å². The van der Waals surface area contributed by atoms with E-state index in [0.717, 1.165) is 42.9 Å². The molecule has 0 amide bonds. The molecule has 1 atom stereocenters. The number of ether oxygens (including phenoxy) is 1. The highest BCUT2D eigenvalue weighted by atomic mass is 16.5. The summed E-state index contributed by atoms with van der Waals surface area (Å²) in [4.78, 5) is 24.7. The summed E-state index contributed by atoms with van der Waals surface area (Å²) in [5.74, 6) is 3.17. The van der Waals surface area contributed by atoms with Gasteiger partial charge in [-0.1, -0.05) is 43.5 Å². The fourth-order valence-corrected chi connectivity index (χ4v) is 6.12. The SMILES string of the molecule is COc1ccc(C2(N3CCN(C(Cc4ccc(C#N)cc4)c4cnc[nH]4)C(=C=O)C3)CCCCC2)cc1. The molecule has 7 nitrogen and oxygen atoms in total. The van der Waals surface area contributed by atoms with Crippen LogP contribution in [0.4, 0.5) is 0 Å². The number of benzene rings is 2. The molecule has 2 aromatic carbocycles. The van der Waals surface area contributed by atoms with Crippen LogP contribution in [0.15, 0.2) is 66.8 Å². The molecule has 190 valence electrons. The molecule has 0 bridgehead atoms. The van der Waals surface area contributed by atoms with Crippen molar-refractivity contribution in [3.8, 4) is 11.8 Å². The molecule has 2 aliphatic rings. The van der Waals surface area contributed by atoms with E-state index in [2.05, 4.69) is 43.9 Å². The highest BCUT2D eigenvalue weighted by Gasteiger charge is 2.43. The number of aromatic amines is 1. The van der Waals surface area contributed by atoms with E-state index in [-0.39, 0.29) is 11.6 Å². The van der Waals surface area contributed by atoms with Crippen LogP contribution < -0.4 is 4.74 Å². The molecule has 2 fully saturated rings. The van der Waals surface area contributed by atoms with Crippen molar-refractivity contribution >= 4 is 5.94 Å². The summed E-state index contributed by atoms with van der Waals surface area (Å²) >= 11 is 0. The Hall–Kier alpha value is -3.85. The number of aromatic nitrogens is 2. The van der Waals surface area contributed by atoms with Gasteiger partial charge in [-0.3, -0.25) is 4.90 Å². The molecular formula is C30H33N5O2. The standard InChI is InChI=1S/C30H33N5O2/c1-37-27-11-9-25(10-12-27)30(13-3-2-4-14-30)34-15-16-35(26(20-34)21-36)29(28-19-32-22-33-28)17-23-5-7-24(18-31)8-6-23/h5-12,19,22,29H,2-4,13-17,20H2,1H3,(H,32,33). The third-order valence-corrected chi connectivity index (χ3v) is 8.10. The van der Waals surface area contributed by atoms with Crippen molar-refractivity contribution in [2.24, 2.45) is 0 Å². The highest BCUT2D eigenvalue weighted by Crippen LogP contribution is 2.44. The van der Waals surface area contributed by atoms with Gasteiger partial charge in [-0.05, 0) is 54.7 Å². The van der Waals surface area contributed by atoms with E-state index in [0.29, 0.717) is 24.2 Å². The van der Waals surface area contributed by atoms with E-state index in [1.54, 1.807) is 13.4 Å². The number of carbonyl (C=O) groups excluding carboxylic acids is 1. The molecule has 1 aliphatic carbocycles. The Morgan fingerprint density at radius 2 is 1.84 bits per heavy atom. The summed E-state index contributed by atoms with van der Waals surface area (Å²) in [7, 11) is 1.69. The quantitative estimate of drug-likeness (QED) is 0.476. The van der Waals surface area contributed by atoms with E-state index in [1.165, 1.54) is 24.8 Å². The van der Waals surface area contributed by atoms with Crippen LogP contribution in [0.5, 0.6) is 5.75 Å². The van der Waals surface area contributed by atoms with Gasteiger partial charge in [0.2, 0.25) is 0 Å². The smallest absolute Gasteiger partial charge is 0.147 e. The summed E-state index contributed by atoms with van der Waals surface area (Å²) < 4.78 is 5.41. The van der Waals surface area contributed by atoms with E-state index in [9.17, 15) is 4.79 Å². The first kappa shape index (κ1) is 24.8. The number of methoxy groups -OCH3 is 1. The van der Waals surface area contributed by atoms with Gasteiger partial charge in [0.15, 0.2) is 0 Å². The van der Waals surface area contributed by atoms with E-state index in [4.69, 9.17) is 10.00 Å². The zero-order chi connectivity index (χ0) is 25.7. The number of piperazine rings is 1. The maximum Gasteiger partial charge on any atom is 0.147 e. The molecule has 1 unspecified atom stereocenters. The van der Waals surface area contributed by atoms with Crippen LogP contribution in [-0.4, -0.2) is 52.5 Å². The lowest BCUT2D eigenvalue weighted by atomic mass is 9.74. The largest absolute Gasteiger partial charge is 0.497 e. The van der Waals surface area contributed by atoms with Crippen LogP contribution in [0.1, 0.15) is 60.5 Å². The van der Waals surface area contributed by atoms with E-state index in [1.807, 2.05) is 42.6 Å². The number of nitrogens with one attached hydrogen (secondary N) is 1. The van der Waals surface area contributed by atoms with Crippen molar-refractivity contribution < 1.29 is 9.53 Å². The second-order valence-corrected chi connectivity index (χ2v) is 10.0. The lowest BCUT2D eigenvalue weighted by Crippen LogP contribution is -2.56. The maximum atomic E-state index is 12.4. The van der Waals surface area contributed by atoms with Gasteiger partial charge in [0, 0.05) is 18.6 Å². The van der Waals surface area contributed by atoms with E-state index < -0.39 is 0 Å². The van der Waals surface area contributed by atoms with Crippen LogP contribution in [0.2, 0.25) is 0 Å². The number of hydrogen-bond donors (Lipinski definition) is 1. The minimum Gasteiger partial charge on any atom is -0.497 e. The first-order valence-corrected chi connectivity index (χ1v) is 13.0. The summed E-state index contributed by atoms with van der Waals surface area (Å²) in [5.41, 5.74) is 4.60. The molecule has 7 heteroatoms. The molecule has 0 spiro atoms. The average Bonchev–Trinajstić information content (AvgIpc) is 3.51. The minimum atomic E-state index is -0.0880. The lowest BCUT2D eigenvalue weighted by Gasteiger charge is -2.51. The van der Waals surface area contributed by atoms with Gasteiger partial charge in [-0.15, -0.1) is 0 Å². The van der Waals surface area contributed by atoms with Crippen LogP contribution in [0.3, 0.4) is 0 Å². The first-order valence-electron chi connectivity index (χ1n) is 13.0. The van der Waals surface area contributed by atoms with Crippen LogP contribution in [-0.2, 0) is 16.8 Å². The van der Waals surface area contributed by atoms with Gasteiger partial charge < -0.3 is 14.6 Å². The van der Waals surface area contributed by atoms with Gasteiger partial charge in [-0.25, -0.2) is 9.78 Å². The molecule has 1 saturated carbocycles. The number of H-pyrrole nitrogens is 1. The Bertz CT molecular complexity index is 1270. The van der Waals surface area contributed by atoms with Crippen molar-refractivity contribution in [3.05, 3.63) is 89.1 Å². The molecule has 1 aliphatic heterocycles. The highest BCUT2D eigenvalue weighted by molar-refractivity contribution is 5.53. The van der Waals surface area contributed by atoms with Crippen molar-refractivity contribution in [3.63, 3.8) is 0 Å². The molecule has 2 heterocycles. The fraction of sp³-hybridized carbons (Fsp3) is 0.400. The Morgan fingerprint density at radius 1 is 1.08 bits per heavy atom. The number of imidazole rings is 1. The number of hydrogen-bond acceptors (Lipinski definition) is 6. The zero-order valence-electron chi connectivity index (χ0n) is 21.3. The summed E-state index contributed by atoms with van der Waals surface area (Å²) in [5, 5.41) is 9.16. The van der Waals surface area contributed by atoms with E-state index >= 15 is 0 Å². The van der Waals surface area contributed by atoms with Crippen LogP contribution >= 0.6 is 0 Å². The number of nitrogens with zero attached hydrogens (tertiary/aromatic N) is 4. The molecule has 0 radical (unpaired) electrons. The second kappa shape index (κ2) is 11.0. The van der Waals surface area contributed by atoms with Crippen molar-refractivity contribution in [2.45, 2.75) is 50.1 Å². The van der Waals surface area contributed by atoms with Gasteiger partial charge in [0.05, 0.1) is 49.5 Å². The lowest BCUT2D eigenvalue weighted by molar-refractivity contribution is 0.0148. The molecule has 3 aromatic rings. The van der Waals surface area contributed by atoms with Gasteiger partial charge in [0.1, 0.15) is 17.4 Å². The Labute approximate surface area is 218 Å². The summed E-state index contributed by atoms with van der Waals surface area (Å²) in [6.07, 6.45) is 10.00. The predicted octanol–water partition coefficient (Wildman–Crippen LogP) is 4.77. The minimum absolute atomic E-state index is 0.0719. The molecule has 37 heavy (non-hydrogen) atoms. The number of nitriles is 1. The fourth-order valence-electron chi connectivity index (χ4n) is 6.12. The van der Waals surface area contributed by atoms with Gasteiger partial charge in [0.25, 0.3) is 0 Å². The Morgan fingerprint density at radius 3 is 2.46 bits per heavy atom. The topological polar surface area (TPSA) is 85.2 Å². The Kier molecular flexibility index (Phi) is 7.41. The molecule has 1 aromatic heterocycles. The molecule has 1 saturated heterocycles. The zero-order valence-corrected chi connectivity index (χ0v) is 21.3.